The Balaban J connectivity index is 0.00000180. The van der Waals surface area contributed by atoms with Gasteiger partial charge in [0.15, 0.2) is 0 Å². The van der Waals surface area contributed by atoms with E-state index in [4.69, 9.17) is 5.73 Å². The number of halogens is 1. The lowest BCUT2D eigenvalue weighted by Crippen LogP contribution is -2.13. The lowest BCUT2D eigenvalue weighted by Gasteiger charge is -2.22. The van der Waals surface area contributed by atoms with Crippen LogP contribution < -0.4 is 5.73 Å². The molecule has 1 atom stereocenters. The summed E-state index contributed by atoms with van der Waals surface area (Å²) in [6.07, 6.45) is 0. The zero-order chi connectivity index (χ0) is 13.2. The van der Waals surface area contributed by atoms with E-state index in [9.17, 15) is 0 Å². The highest BCUT2D eigenvalue weighted by atomic mass is 35.5. The highest BCUT2D eigenvalue weighted by Crippen LogP contribution is 2.37. The van der Waals surface area contributed by atoms with E-state index in [0.29, 0.717) is 0 Å². The van der Waals surface area contributed by atoms with E-state index in [1.807, 2.05) is 11.8 Å². The quantitative estimate of drug-likeness (QED) is 0.797. The van der Waals surface area contributed by atoms with E-state index in [1.54, 1.807) is 11.3 Å². The summed E-state index contributed by atoms with van der Waals surface area (Å²) in [4.78, 5) is 2.50. The topological polar surface area (TPSA) is 26.0 Å². The van der Waals surface area contributed by atoms with Crippen LogP contribution in [0.25, 0.3) is 0 Å². The molecule has 0 saturated heterocycles. The Labute approximate surface area is 130 Å². The Bertz CT molecular complexity index is 503. The summed E-state index contributed by atoms with van der Waals surface area (Å²) >= 11 is 3.60. The summed E-state index contributed by atoms with van der Waals surface area (Å²) in [5.74, 6) is 0. The van der Waals surface area contributed by atoms with Gasteiger partial charge in [-0.05, 0) is 23.1 Å². The van der Waals surface area contributed by atoms with Crippen LogP contribution in [-0.2, 0) is 0 Å². The Kier molecular flexibility index (Phi) is 5.93. The Morgan fingerprint density at radius 2 is 1.79 bits per heavy atom. The molecule has 0 fully saturated rings. The van der Waals surface area contributed by atoms with E-state index >= 15 is 0 Å². The van der Waals surface area contributed by atoms with Crippen molar-refractivity contribution in [3.63, 3.8) is 0 Å². The number of thiophene rings is 1. The van der Waals surface area contributed by atoms with E-state index in [-0.39, 0.29) is 23.2 Å². The van der Waals surface area contributed by atoms with Gasteiger partial charge in [-0.1, -0.05) is 45.0 Å². The normalized spacial score (nSPS) is 12.8. The van der Waals surface area contributed by atoms with Crippen LogP contribution in [0, 0.1) is 0 Å². The first kappa shape index (κ1) is 16.6. The summed E-state index contributed by atoms with van der Waals surface area (Å²) < 4.78 is 0.200. The molecule has 19 heavy (non-hydrogen) atoms. The van der Waals surface area contributed by atoms with Gasteiger partial charge in [0.05, 0.1) is 6.04 Å². The first-order valence-electron chi connectivity index (χ1n) is 6.04. The largest absolute Gasteiger partial charge is 0.320 e. The molecule has 0 saturated carbocycles. The highest BCUT2D eigenvalue weighted by Gasteiger charge is 2.18. The van der Waals surface area contributed by atoms with Gasteiger partial charge >= 0.3 is 0 Å². The van der Waals surface area contributed by atoms with Crippen LogP contribution in [0.3, 0.4) is 0 Å². The summed E-state index contributed by atoms with van der Waals surface area (Å²) in [6, 6.07) is 12.6. The standard InChI is InChI=1S/C15H19NS2.ClH/c1-15(2,3)18-12-8-5-4-7-11(12)14(16)13-9-6-10-17-13;/h4-10,14H,16H2,1-3H3;1H/t14-;/m0./s1. The van der Waals surface area contributed by atoms with Crippen molar-refractivity contribution in [3.05, 3.63) is 52.2 Å². The molecule has 2 rings (SSSR count). The van der Waals surface area contributed by atoms with Gasteiger partial charge < -0.3 is 5.73 Å². The van der Waals surface area contributed by atoms with Gasteiger partial charge in [0, 0.05) is 14.5 Å². The summed E-state index contributed by atoms with van der Waals surface area (Å²) in [5.41, 5.74) is 7.60. The molecule has 0 spiro atoms. The average Bonchev–Trinajstić information content (AvgIpc) is 2.80. The van der Waals surface area contributed by atoms with Gasteiger partial charge in [-0.25, -0.2) is 0 Å². The molecule has 0 aliphatic rings. The van der Waals surface area contributed by atoms with Crippen molar-refractivity contribution in [2.45, 2.75) is 36.5 Å². The molecule has 0 radical (unpaired) electrons. The van der Waals surface area contributed by atoms with Crippen molar-refractivity contribution in [2.24, 2.45) is 5.73 Å². The van der Waals surface area contributed by atoms with Gasteiger partial charge in [-0.2, -0.15) is 0 Å². The molecule has 1 aromatic heterocycles. The maximum absolute atomic E-state index is 6.38. The predicted molar refractivity (Wildman–Crippen MR) is 89.6 cm³/mol. The number of hydrogen-bond acceptors (Lipinski definition) is 3. The fraction of sp³-hybridized carbons (Fsp3) is 0.333. The second kappa shape index (κ2) is 6.80. The van der Waals surface area contributed by atoms with E-state index in [1.165, 1.54) is 15.3 Å². The van der Waals surface area contributed by atoms with Crippen molar-refractivity contribution in [1.82, 2.24) is 0 Å². The van der Waals surface area contributed by atoms with Crippen LogP contribution in [0.2, 0.25) is 0 Å². The third-order valence-electron chi connectivity index (χ3n) is 2.52. The molecule has 0 bridgehead atoms. The number of nitrogens with two attached hydrogens (primary N) is 1. The lowest BCUT2D eigenvalue weighted by atomic mass is 10.1. The molecule has 4 heteroatoms. The maximum Gasteiger partial charge on any atom is 0.0656 e. The molecule has 1 aromatic carbocycles. The first-order chi connectivity index (χ1) is 8.47. The Morgan fingerprint density at radius 3 is 2.37 bits per heavy atom. The monoisotopic (exact) mass is 313 g/mol. The fourth-order valence-corrected chi connectivity index (χ4v) is 3.65. The minimum absolute atomic E-state index is 0. The van der Waals surface area contributed by atoms with E-state index in [0.717, 1.165) is 0 Å². The molecule has 0 amide bonds. The molecule has 1 nitrogen and oxygen atoms in total. The van der Waals surface area contributed by atoms with Gasteiger partial charge in [0.2, 0.25) is 0 Å². The van der Waals surface area contributed by atoms with Gasteiger partial charge in [-0.15, -0.1) is 35.5 Å². The molecule has 0 unspecified atom stereocenters. The summed E-state index contributed by atoms with van der Waals surface area (Å²) in [5, 5.41) is 2.08. The summed E-state index contributed by atoms with van der Waals surface area (Å²) in [6.45, 7) is 6.68. The summed E-state index contributed by atoms with van der Waals surface area (Å²) in [7, 11) is 0. The average molecular weight is 314 g/mol. The molecular formula is C15H20ClNS2. The molecule has 0 aliphatic heterocycles. The van der Waals surface area contributed by atoms with Crippen molar-refractivity contribution >= 4 is 35.5 Å². The SMILES string of the molecule is CC(C)(C)Sc1ccccc1[C@H](N)c1cccs1.Cl. The zero-order valence-corrected chi connectivity index (χ0v) is 13.9. The second-order valence-corrected chi connectivity index (χ2v) is 8.09. The van der Waals surface area contributed by atoms with Crippen molar-refractivity contribution in [3.8, 4) is 0 Å². The highest BCUT2D eigenvalue weighted by molar-refractivity contribution is 8.00. The third-order valence-corrected chi connectivity index (χ3v) is 4.68. The Morgan fingerprint density at radius 1 is 1.11 bits per heavy atom. The molecular weight excluding hydrogens is 294 g/mol. The maximum atomic E-state index is 6.38. The van der Waals surface area contributed by atoms with Gasteiger partial charge in [-0.3, -0.25) is 0 Å². The van der Waals surface area contributed by atoms with E-state index < -0.39 is 0 Å². The molecule has 0 aliphatic carbocycles. The molecule has 1 heterocycles. The number of hydrogen-bond donors (Lipinski definition) is 1. The van der Waals surface area contributed by atoms with E-state index in [2.05, 4.69) is 62.5 Å². The predicted octanol–water partition coefficient (Wildman–Crippen LogP) is 5.11. The van der Waals surface area contributed by atoms with Crippen LogP contribution in [0.1, 0.15) is 37.3 Å². The fourth-order valence-electron chi connectivity index (χ4n) is 1.78. The van der Waals surface area contributed by atoms with Crippen molar-refractivity contribution < 1.29 is 0 Å². The minimum atomic E-state index is -0.0175. The molecule has 104 valence electrons. The number of thioether (sulfide) groups is 1. The van der Waals surface area contributed by atoms with Crippen LogP contribution in [0.5, 0.6) is 0 Å². The Hall–Kier alpha value is -0.480. The zero-order valence-electron chi connectivity index (χ0n) is 11.4. The minimum Gasteiger partial charge on any atom is -0.320 e. The van der Waals surface area contributed by atoms with Crippen molar-refractivity contribution in [2.75, 3.05) is 0 Å². The van der Waals surface area contributed by atoms with Crippen LogP contribution in [-0.4, -0.2) is 4.75 Å². The van der Waals surface area contributed by atoms with Crippen LogP contribution in [0.4, 0.5) is 0 Å². The van der Waals surface area contributed by atoms with Crippen LogP contribution >= 0.6 is 35.5 Å². The van der Waals surface area contributed by atoms with Gasteiger partial charge in [0.25, 0.3) is 0 Å². The smallest absolute Gasteiger partial charge is 0.0656 e. The third kappa shape index (κ3) is 4.53. The number of benzene rings is 1. The lowest BCUT2D eigenvalue weighted by molar-refractivity contribution is 0.797. The van der Waals surface area contributed by atoms with Crippen LogP contribution in [0.15, 0.2) is 46.7 Å². The first-order valence-corrected chi connectivity index (χ1v) is 7.74. The molecule has 2 N–H and O–H groups in total. The molecule has 2 aromatic rings. The van der Waals surface area contributed by atoms with Crippen molar-refractivity contribution in [1.29, 1.82) is 0 Å². The number of rotatable bonds is 3. The second-order valence-electron chi connectivity index (χ2n) is 5.25. The van der Waals surface area contributed by atoms with Gasteiger partial charge in [0.1, 0.15) is 0 Å².